The average Bonchev–Trinajstić information content (AvgIpc) is 3.14. The fraction of sp³-hybridized carbons (Fsp3) is 0.333. The van der Waals surface area contributed by atoms with Gasteiger partial charge in [0.2, 0.25) is 3.79 Å². The Morgan fingerprint density at radius 3 is 2.58 bits per heavy atom. The zero-order valence-corrected chi connectivity index (χ0v) is 17.0. The summed E-state index contributed by atoms with van der Waals surface area (Å²) in [6.07, 6.45) is 1.90. The Bertz CT molecular complexity index is 866. The first-order chi connectivity index (χ1) is 12.3. The Hall–Kier alpha value is -1.45. The van der Waals surface area contributed by atoms with Crippen LogP contribution in [0.25, 0.3) is 0 Å². The molecule has 1 aromatic carbocycles. The number of anilines is 1. The number of fused-ring (bicyclic) bond motifs is 1. The Kier molecular flexibility index (Phi) is 5.69. The van der Waals surface area contributed by atoms with E-state index in [4.69, 9.17) is 34.8 Å². The molecular formula is C18H16Cl3N3OS. The number of hydrogen-bond donors (Lipinski definition) is 2. The fourth-order valence-corrected chi connectivity index (χ4v) is 4.47. The van der Waals surface area contributed by atoms with Gasteiger partial charge in [0.05, 0.1) is 5.56 Å². The number of alkyl halides is 3. The number of carbonyl (C=O) groups excluding carboxylic acids is 1. The summed E-state index contributed by atoms with van der Waals surface area (Å²) in [4.78, 5) is 13.7. The van der Waals surface area contributed by atoms with Crippen molar-refractivity contribution in [3.63, 3.8) is 0 Å². The van der Waals surface area contributed by atoms with Crippen LogP contribution in [0.15, 0.2) is 24.3 Å². The molecule has 1 aromatic heterocycles. The zero-order chi connectivity index (χ0) is 18.9. The van der Waals surface area contributed by atoms with Crippen molar-refractivity contribution in [1.82, 2.24) is 5.32 Å². The second kappa shape index (κ2) is 7.66. The lowest BCUT2D eigenvalue weighted by atomic mass is 10.1. The van der Waals surface area contributed by atoms with Crippen LogP contribution in [-0.2, 0) is 12.8 Å². The SMILES string of the molecule is Cc1ccc(C(=O)N[C@@H](Nc2sc3c(c2C#N)CCC3)C(Cl)(Cl)Cl)cc1. The van der Waals surface area contributed by atoms with Crippen molar-refractivity contribution in [3.05, 3.63) is 51.4 Å². The maximum atomic E-state index is 12.5. The molecule has 1 heterocycles. The summed E-state index contributed by atoms with van der Waals surface area (Å²) < 4.78 is -1.79. The summed E-state index contributed by atoms with van der Waals surface area (Å²) in [6.45, 7) is 1.94. The van der Waals surface area contributed by atoms with Gasteiger partial charge in [0.25, 0.3) is 5.91 Å². The summed E-state index contributed by atoms with van der Waals surface area (Å²) in [5.41, 5.74) is 3.15. The van der Waals surface area contributed by atoms with Crippen molar-refractivity contribution in [2.75, 3.05) is 5.32 Å². The molecule has 0 saturated carbocycles. The van der Waals surface area contributed by atoms with Gasteiger partial charge in [0.1, 0.15) is 17.2 Å². The van der Waals surface area contributed by atoms with Gasteiger partial charge in [0.15, 0.2) is 0 Å². The third-order valence-corrected chi connectivity index (χ3v) is 6.10. The number of rotatable bonds is 4. The molecule has 8 heteroatoms. The lowest BCUT2D eigenvalue weighted by Crippen LogP contribution is -2.49. The standard InChI is InChI=1S/C18H16Cl3N3OS/c1-10-5-7-11(8-6-10)15(25)23-17(18(19,20)21)24-16-13(9-22)12-3-2-4-14(12)26-16/h5-8,17,24H,2-4H2,1H3,(H,23,25)/t17-/m0/s1. The highest BCUT2D eigenvalue weighted by molar-refractivity contribution is 7.16. The molecular weight excluding hydrogens is 413 g/mol. The van der Waals surface area contributed by atoms with Gasteiger partial charge in [0, 0.05) is 10.4 Å². The molecule has 1 amide bonds. The van der Waals surface area contributed by atoms with Crippen molar-refractivity contribution < 1.29 is 4.79 Å². The summed E-state index contributed by atoms with van der Waals surface area (Å²) >= 11 is 19.7. The van der Waals surface area contributed by atoms with Crippen LogP contribution in [-0.4, -0.2) is 15.9 Å². The third-order valence-electron chi connectivity index (χ3n) is 4.23. The molecule has 26 heavy (non-hydrogen) atoms. The Balaban J connectivity index is 1.83. The molecule has 0 saturated heterocycles. The van der Waals surface area contributed by atoms with Crippen LogP contribution in [0.5, 0.6) is 0 Å². The summed E-state index contributed by atoms with van der Waals surface area (Å²) in [6, 6.07) is 9.32. The van der Waals surface area contributed by atoms with E-state index in [0.717, 1.165) is 30.4 Å². The molecule has 0 spiro atoms. The molecule has 4 nitrogen and oxygen atoms in total. The quantitative estimate of drug-likeness (QED) is 0.534. The first-order valence-corrected chi connectivity index (χ1v) is 10.00. The third kappa shape index (κ3) is 4.10. The van der Waals surface area contributed by atoms with Crippen LogP contribution < -0.4 is 10.6 Å². The van der Waals surface area contributed by atoms with Gasteiger partial charge < -0.3 is 10.6 Å². The molecule has 1 atom stereocenters. The van der Waals surface area contributed by atoms with Gasteiger partial charge >= 0.3 is 0 Å². The predicted octanol–water partition coefficient (Wildman–Crippen LogP) is 4.96. The van der Waals surface area contributed by atoms with E-state index in [1.807, 2.05) is 19.1 Å². The van der Waals surface area contributed by atoms with Gasteiger partial charge in [-0.1, -0.05) is 52.5 Å². The van der Waals surface area contributed by atoms with E-state index in [-0.39, 0.29) is 5.91 Å². The van der Waals surface area contributed by atoms with Gasteiger partial charge in [-0.15, -0.1) is 11.3 Å². The zero-order valence-electron chi connectivity index (χ0n) is 13.9. The van der Waals surface area contributed by atoms with Crippen molar-refractivity contribution in [2.45, 2.75) is 36.1 Å². The molecule has 3 rings (SSSR count). The van der Waals surface area contributed by atoms with Crippen LogP contribution >= 0.6 is 46.1 Å². The summed E-state index contributed by atoms with van der Waals surface area (Å²) in [7, 11) is 0. The molecule has 0 aliphatic heterocycles. The lowest BCUT2D eigenvalue weighted by Gasteiger charge is -2.27. The van der Waals surface area contributed by atoms with Gasteiger partial charge in [-0.25, -0.2) is 0 Å². The fourth-order valence-electron chi connectivity index (χ4n) is 2.87. The molecule has 0 bridgehead atoms. The molecule has 2 aromatic rings. The number of carbonyl (C=O) groups is 1. The van der Waals surface area contributed by atoms with Crippen molar-refractivity contribution in [2.24, 2.45) is 0 Å². The number of thiophene rings is 1. The van der Waals surface area contributed by atoms with Crippen molar-refractivity contribution in [3.8, 4) is 6.07 Å². The highest BCUT2D eigenvalue weighted by atomic mass is 35.6. The highest BCUT2D eigenvalue weighted by Gasteiger charge is 2.36. The van der Waals surface area contributed by atoms with Crippen LogP contribution in [0.2, 0.25) is 0 Å². The summed E-state index contributed by atoms with van der Waals surface area (Å²) in [5, 5.41) is 15.9. The Morgan fingerprint density at radius 2 is 1.96 bits per heavy atom. The first-order valence-electron chi connectivity index (χ1n) is 8.05. The van der Waals surface area contributed by atoms with Gasteiger partial charge in [-0.05, 0) is 43.9 Å². The number of amides is 1. The number of benzene rings is 1. The molecule has 2 N–H and O–H groups in total. The minimum Gasteiger partial charge on any atom is -0.352 e. The maximum absolute atomic E-state index is 12.5. The number of hydrogen-bond acceptors (Lipinski definition) is 4. The van der Waals surface area contributed by atoms with E-state index in [9.17, 15) is 10.1 Å². The van der Waals surface area contributed by atoms with Crippen molar-refractivity contribution >= 4 is 57.0 Å². The number of aryl methyl sites for hydroxylation is 2. The average molecular weight is 429 g/mol. The topological polar surface area (TPSA) is 64.9 Å². The minimum atomic E-state index is -1.79. The van der Waals surface area contributed by atoms with E-state index < -0.39 is 9.96 Å². The molecule has 0 fully saturated rings. The number of nitriles is 1. The van der Waals surface area contributed by atoms with E-state index in [2.05, 4.69) is 16.7 Å². The number of halogens is 3. The van der Waals surface area contributed by atoms with Gasteiger partial charge in [-0.2, -0.15) is 5.26 Å². The van der Waals surface area contributed by atoms with Crippen molar-refractivity contribution in [1.29, 1.82) is 5.26 Å². The van der Waals surface area contributed by atoms with Gasteiger partial charge in [-0.3, -0.25) is 4.79 Å². The minimum absolute atomic E-state index is 0.364. The predicted molar refractivity (Wildman–Crippen MR) is 107 cm³/mol. The molecule has 0 unspecified atom stereocenters. The highest BCUT2D eigenvalue weighted by Crippen LogP contribution is 2.40. The van der Waals surface area contributed by atoms with E-state index in [1.54, 1.807) is 12.1 Å². The van der Waals surface area contributed by atoms with E-state index in [1.165, 1.54) is 16.2 Å². The smallest absolute Gasteiger partial charge is 0.252 e. The molecule has 0 radical (unpaired) electrons. The van der Waals surface area contributed by atoms with Crippen LogP contribution in [0, 0.1) is 18.3 Å². The molecule has 1 aliphatic rings. The van der Waals surface area contributed by atoms with Crippen LogP contribution in [0.4, 0.5) is 5.00 Å². The second-order valence-electron chi connectivity index (χ2n) is 6.13. The van der Waals surface area contributed by atoms with Crippen LogP contribution in [0.1, 0.15) is 38.3 Å². The maximum Gasteiger partial charge on any atom is 0.252 e. The monoisotopic (exact) mass is 427 g/mol. The normalized spacial score (nSPS) is 14.4. The first kappa shape index (κ1) is 19.3. The Labute approximate surface area is 171 Å². The second-order valence-corrected chi connectivity index (χ2v) is 9.61. The molecule has 1 aliphatic carbocycles. The summed E-state index contributed by atoms with van der Waals surface area (Å²) in [5.74, 6) is -0.364. The van der Waals surface area contributed by atoms with E-state index in [0.29, 0.717) is 16.1 Å². The van der Waals surface area contributed by atoms with Crippen LogP contribution in [0.3, 0.4) is 0 Å². The Morgan fingerprint density at radius 1 is 1.27 bits per heavy atom. The largest absolute Gasteiger partial charge is 0.352 e. The van der Waals surface area contributed by atoms with E-state index >= 15 is 0 Å². The lowest BCUT2D eigenvalue weighted by molar-refractivity contribution is 0.0942. The number of nitrogens with zero attached hydrogens (tertiary/aromatic N) is 1. The number of nitrogens with one attached hydrogen (secondary N) is 2. The molecule has 136 valence electrons.